The second-order valence-corrected chi connectivity index (χ2v) is 6.05. The molecule has 94 valence electrons. The van der Waals surface area contributed by atoms with Gasteiger partial charge >= 0.3 is 0 Å². The third-order valence-corrected chi connectivity index (χ3v) is 4.34. The van der Waals surface area contributed by atoms with Crippen molar-refractivity contribution >= 4 is 27.7 Å². The minimum Gasteiger partial charge on any atom is -0.305 e. The first-order valence-corrected chi connectivity index (χ1v) is 7.29. The summed E-state index contributed by atoms with van der Waals surface area (Å²) < 4.78 is 2.97. The van der Waals surface area contributed by atoms with Crippen LogP contribution in [-0.4, -0.2) is 20.5 Å². The number of nitrogens with zero attached hydrogens (tertiary/aromatic N) is 3. The lowest BCUT2D eigenvalue weighted by molar-refractivity contribution is 0.794. The van der Waals surface area contributed by atoms with E-state index in [1.165, 1.54) is 5.56 Å². The zero-order valence-corrected chi connectivity index (χ0v) is 12.8. The van der Waals surface area contributed by atoms with Gasteiger partial charge in [0.2, 0.25) is 0 Å². The predicted octanol–water partition coefficient (Wildman–Crippen LogP) is 3.79. The first-order valence-electron chi connectivity index (χ1n) is 5.51. The summed E-state index contributed by atoms with van der Waals surface area (Å²) in [5.74, 6) is 1.69. The number of halogens is 1. The molecule has 0 radical (unpaired) electrons. The third kappa shape index (κ3) is 2.84. The molecule has 1 aromatic carbocycles. The van der Waals surface area contributed by atoms with Gasteiger partial charge in [-0.2, -0.15) is 0 Å². The second kappa shape index (κ2) is 5.71. The smallest absolute Gasteiger partial charge is 0.191 e. The van der Waals surface area contributed by atoms with Gasteiger partial charge in [-0.1, -0.05) is 58.5 Å². The highest BCUT2D eigenvalue weighted by atomic mass is 79.9. The summed E-state index contributed by atoms with van der Waals surface area (Å²) in [6.07, 6.45) is 0. The fraction of sp³-hybridized carbons (Fsp3) is 0.231. The highest BCUT2D eigenvalue weighted by Gasteiger charge is 2.12. The van der Waals surface area contributed by atoms with Crippen LogP contribution in [0.1, 0.15) is 5.56 Å². The largest absolute Gasteiger partial charge is 0.305 e. The molecule has 0 N–H and O–H groups in total. The molecule has 3 nitrogen and oxygen atoms in total. The van der Waals surface area contributed by atoms with Gasteiger partial charge in [-0.25, -0.2) is 0 Å². The molecule has 0 atom stereocenters. The van der Waals surface area contributed by atoms with Crippen LogP contribution in [0.4, 0.5) is 0 Å². The highest BCUT2D eigenvalue weighted by molar-refractivity contribution is 9.11. The first-order chi connectivity index (χ1) is 8.59. The topological polar surface area (TPSA) is 30.7 Å². The third-order valence-electron chi connectivity index (χ3n) is 2.58. The van der Waals surface area contributed by atoms with Crippen molar-refractivity contribution in [2.24, 2.45) is 7.05 Å². The molecule has 5 heteroatoms. The van der Waals surface area contributed by atoms with E-state index in [0.29, 0.717) is 0 Å². The van der Waals surface area contributed by atoms with Crippen molar-refractivity contribution in [1.82, 2.24) is 14.8 Å². The van der Waals surface area contributed by atoms with Gasteiger partial charge in [-0.05, 0) is 17.0 Å². The quantitative estimate of drug-likeness (QED) is 0.802. The molecule has 0 aliphatic carbocycles. The molecular formula is C13H14BrN3S. The molecule has 0 fully saturated rings. The van der Waals surface area contributed by atoms with Gasteiger partial charge in [0.1, 0.15) is 0 Å². The first kappa shape index (κ1) is 13.4. The van der Waals surface area contributed by atoms with Crippen LogP contribution >= 0.6 is 27.7 Å². The standard InChI is InChI=1S/C13H14BrN3S/c1-9-6-4-5-7-11(9)12-15-16-13(17(12)3)18-8-10(2)14/h4-7H,2,8H2,1,3H3. The van der Waals surface area contributed by atoms with E-state index in [1.54, 1.807) is 11.8 Å². The number of thioether (sulfide) groups is 1. The number of hydrogen-bond donors (Lipinski definition) is 0. The molecule has 0 saturated carbocycles. The van der Waals surface area contributed by atoms with Crippen LogP contribution in [0.15, 0.2) is 40.5 Å². The number of aromatic nitrogens is 3. The van der Waals surface area contributed by atoms with E-state index < -0.39 is 0 Å². The van der Waals surface area contributed by atoms with Crippen molar-refractivity contribution in [2.45, 2.75) is 12.1 Å². The van der Waals surface area contributed by atoms with E-state index in [9.17, 15) is 0 Å². The van der Waals surface area contributed by atoms with Gasteiger partial charge in [0.25, 0.3) is 0 Å². The van der Waals surface area contributed by atoms with Gasteiger partial charge < -0.3 is 4.57 Å². The molecule has 18 heavy (non-hydrogen) atoms. The van der Waals surface area contributed by atoms with Crippen molar-refractivity contribution in [3.8, 4) is 11.4 Å². The SMILES string of the molecule is C=C(Br)CSc1nnc(-c2ccccc2C)n1C. The lowest BCUT2D eigenvalue weighted by atomic mass is 10.1. The van der Waals surface area contributed by atoms with Crippen LogP contribution in [0, 0.1) is 6.92 Å². The zero-order valence-electron chi connectivity index (χ0n) is 10.4. The van der Waals surface area contributed by atoms with Crippen molar-refractivity contribution in [2.75, 3.05) is 5.75 Å². The molecule has 0 bridgehead atoms. The Morgan fingerprint density at radius 2 is 2.11 bits per heavy atom. The van der Waals surface area contributed by atoms with Crippen LogP contribution in [0.5, 0.6) is 0 Å². The van der Waals surface area contributed by atoms with Gasteiger partial charge in [-0.15, -0.1) is 10.2 Å². The summed E-state index contributed by atoms with van der Waals surface area (Å²) in [6.45, 7) is 5.90. The van der Waals surface area contributed by atoms with Gasteiger partial charge in [0.15, 0.2) is 11.0 Å². The normalized spacial score (nSPS) is 10.6. The summed E-state index contributed by atoms with van der Waals surface area (Å²) in [5.41, 5.74) is 2.33. The Balaban J connectivity index is 2.31. The maximum Gasteiger partial charge on any atom is 0.191 e. The van der Waals surface area contributed by atoms with Gasteiger partial charge in [0, 0.05) is 18.4 Å². The Labute approximate surface area is 119 Å². The predicted molar refractivity (Wildman–Crippen MR) is 80.0 cm³/mol. The maximum atomic E-state index is 4.27. The van der Waals surface area contributed by atoms with E-state index in [0.717, 1.165) is 26.8 Å². The lowest BCUT2D eigenvalue weighted by Crippen LogP contribution is -1.96. The molecule has 1 heterocycles. The molecule has 0 unspecified atom stereocenters. The van der Waals surface area contributed by atoms with Crippen molar-refractivity contribution in [1.29, 1.82) is 0 Å². The molecule has 2 rings (SSSR count). The number of hydrogen-bond acceptors (Lipinski definition) is 3. The molecule has 0 aliphatic rings. The average Bonchev–Trinajstić information content (AvgIpc) is 2.69. The van der Waals surface area contributed by atoms with E-state index in [-0.39, 0.29) is 0 Å². The van der Waals surface area contributed by atoms with Crippen molar-refractivity contribution in [3.63, 3.8) is 0 Å². The summed E-state index contributed by atoms with van der Waals surface area (Å²) in [4.78, 5) is 0. The Kier molecular flexibility index (Phi) is 4.24. The van der Waals surface area contributed by atoms with Gasteiger partial charge in [0.05, 0.1) is 0 Å². The number of rotatable bonds is 4. The minimum atomic E-state index is 0.791. The fourth-order valence-electron chi connectivity index (χ4n) is 1.64. The Hall–Kier alpha value is -1.07. The van der Waals surface area contributed by atoms with Crippen LogP contribution in [0.3, 0.4) is 0 Å². The molecule has 0 amide bonds. The molecular weight excluding hydrogens is 310 g/mol. The van der Waals surface area contributed by atoms with E-state index >= 15 is 0 Å². The summed E-state index contributed by atoms with van der Waals surface area (Å²) in [5, 5.41) is 9.39. The monoisotopic (exact) mass is 323 g/mol. The van der Waals surface area contributed by atoms with Crippen LogP contribution in [-0.2, 0) is 7.05 Å². The van der Waals surface area contributed by atoms with E-state index in [1.807, 2.05) is 23.7 Å². The van der Waals surface area contributed by atoms with E-state index in [4.69, 9.17) is 0 Å². The summed E-state index contributed by atoms with van der Waals surface area (Å²) in [7, 11) is 1.99. The van der Waals surface area contributed by atoms with Crippen LogP contribution in [0.25, 0.3) is 11.4 Å². The zero-order chi connectivity index (χ0) is 13.1. The Morgan fingerprint density at radius 1 is 1.39 bits per heavy atom. The Bertz CT molecular complexity index is 577. The molecule has 0 aliphatic heterocycles. The number of benzene rings is 1. The minimum absolute atomic E-state index is 0.791. The molecule has 2 aromatic rings. The maximum absolute atomic E-state index is 4.27. The van der Waals surface area contributed by atoms with Crippen molar-refractivity contribution in [3.05, 3.63) is 40.9 Å². The Morgan fingerprint density at radius 3 is 2.78 bits per heavy atom. The average molecular weight is 324 g/mol. The van der Waals surface area contributed by atoms with Crippen LogP contribution < -0.4 is 0 Å². The summed E-state index contributed by atoms with van der Waals surface area (Å²) in [6, 6.07) is 8.19. The van der Waals surface area contributed by atoms with E-state index in [2.05, 4.69) is 51.8 Å². The lowest BCUT2D eigenvalue weighted by Gasteiger charge is -2.05. The molecule has 1 aromatic heterocycles. The second-order valence-electron chi connectivity index (χ2n) is 3.99. The summed E-state index contributed by atoms with van der Waals surface area (Å²) >= 11 is 4.97. The molecule has 0 spiro atoms. The fourth-order valence-corrected chi connectivity index (χ4v) is 2.65. The van der Waals surface area contributed by atoms with Crippen LogP contribution in [0.2, 0.25) is 0 Å². The molecule has 0 saturated heterocycles. The number of aryl methyl sites for hydroxylation is 1. The van der Waals surface area contributed by atoms with Gasteiger partial charge in [-0.3, -0.25) is 0 Å². The van der Waals surface area contributed by atoms with Crippen molar-refractivity contribution < 1.29 is 0 Å². The highest BCUT2D eigenvalue weighted by Crippen LogP contribution is 2.26.